The molecule has 0 radical (unpaired) electrons. The van der Waals surface area contributed by atoms with Crippen LogP contribution in [0, 0.1) is 11.6 Å². The van der Waals surface area contributed by atoms with Crippen molar-refractivity contribution in [1.82, 2.24) is 14.5 Å². The zero-order chi connectivity index (χ0) is 21.6. The van der Waals surface area contributed by atoms with Crippen LogP contribution in [-0.2, 0) is 17.1 Å². The van der Waals surface area contributed by atoms with E-state index < -0.39 is 21.7 Å². The number of pyridine rings is 2. The molecule has 0 spiro atoms. The highest BCUT2D eigenvalue weighted by molar-refractivity contribution is 7.89. The van der Waals surface area contributed by atoms with Gasteiger partial charge in [0.25, 0.3) is 5.56 Å². The summed E-state index contributed by atoms with van der Waals surface area (Å²) in [5, 5.41) is 5.69. The Kier molecular flexibility index (Phi) is 4.63. The number of primary sulfonamides is 1. The molecule has 0 amide bonds. The Labute approximate surface area is 168 Å². The number of aryl methyl sites for hydroxylation is 1. The molecule has 0 aliphatic heterocycles. The van der Waals surface area contributed by atoms with Gasteiger partial charge in [0.05, 0.1) is 6.20 Å². The molecule has 0 aliphatic rings. The van der Waals surface area contributed by atoms with Gasteiger partial charge in [0.15, 0.2) is 11.6 Å². The van der Waals surface area contributed by atoms with E-state index in [9.17, 15) is 22.0 Å². The van der Waals surface area contributed by atoms with Gasteiger partial charge in [-0.2, -0.15) is 0 Å². The van der Waals surface area contributed by atoms with E-state index in [2.05, 4.69) is 9.97 Å². The molecule has 0 fully saturated rings. The number of sulfonamides is 1. The standard InChI is InChI=1S/C19H14F2N4O4S/c1-25-9-14(12-4-5-23-17(12)19(25)26)13-7-11(30(22,27)28)8-24-18(13)29-16-3-2-10(20)6-15(16)21/h2-9,23H,1H3,(H2,22,27,28). The van der Waals surface area contributed by atoms with Crippen LogP contribution in [0.5, 0.6) is 11.6 Å². The Bertz CT molecular complexity index is 1460. The average molecular weight is 432 g/mol. The zero-order valence-electron chi connectivity index (χ0n) is 15.4. The van der Waals surface area contributed by atoms with Crippen molar-refractivity contribution in [2.75, 3.05) is 0 Å². The fourth-order valence-corrected chi connectivity index (χ4v) is 3.49. The van der Waals surface area contributed by atoms with Gasteiger partial charge in [-0.05, 0) is 24.3 Å². The highest BCUT2D eigenvalue weighted by Gasteiger charge is 2.20. The Morgan fingerprint density at radius 3 is 2.63 bits per heavy atom. The van der Waals surface area contributed by atoms with E-state index >= 15 is 0 Å². The molecule has 11 heteroatoms. The highest BCUT2D eigenvalue weighted by atomic mass is 32.2. The Morgan fingerprint density at radius 2 is 1.93 bits per heavy atom. The minimum Gasteiger partial charge on any atom is -0.435 e. The summed E-state index contributed by atoms with van der Waals surface area (Å²) in [4.78, 5) is 18.8. The number of aromatic nitrogens is 3. The van der Waals surface area contributed by atoms with Gasteiger partial charge in [-0.1, -0.05) is 0 Å². The minimum absolute atomic E-state index is 0.144. The van der Waals surface area contributed by atoms with Gasteiger partial charge >= 0.3 is 0 Å². The smallest absolute Gasteiger partial charge is 0.274 e. The second-order valence-corrected chi connectivity index (χ2v) is 8.03. The number of nitrogens with zero attached hydrogens (tertiary/aromatic N) is 2. The summed E-state index contributed by atoms with van der Waals surface area (Å²) >= 11 is 0. The number of nitrogens with one attached hydrogen (secondary N) is 1. The molecule has 0 saturated heterocycles. The maximum atomic E-state index is 14.1. The predicted molar refractivity (Wildman–Crippen MR) is 105 cm³/mol. The van der Waals surface area contributed by atoms with Crippen molar-refractivity contribution in [1.29, 1.82) is 0 Å². The summed E-state index contributed by atoms with van der Waals surface area (Å²) in [5.74, 6) is -2.23. The molecule has 0 atom stereocenters. The lowest BCUT2D eigenvalue weighted by atomic mass is 10.1. The predicted octanol–water partition coefficient (Wildman–Crippen LogP) is 2.65. The quantitative estimate of drug-likeness (QED) is 0.514. The molecule has 4 aromatic rings. The molecular weight excluding hydrogens is 418 g/mol. The molecule has 3 heterocycles. The molecule has 4 rings (SSSR count). The summed E-state index contributed by atoms with van der Waals surface area (Å²) in [7, 11) is -2.60. The second kappa shape index (κ2) is 7.04. The van der Waals surface area contributed by atoms with Crippen LogP contribution in [-0.4, -0.2) is 23.0 Å². The summed E-state index contributed by atoms with van der Waals surface area (Å²) in [5.41, 5.74) is 0.505. The molecular formula is C19H14F2N4O4S. The van der Waals surface area contributed by atoms with Crippen LogP contribution in [0.15, 0.2) is 58.6 Å². The zero-order valence-corrected chi connectivity index (χ0v) is 16.2. The first-order valence-electron chi connectivity index (χ1n) is 8.48. The van der Waals surface area contributed by atoms with Crippen molar-refractivity contribution in [2.24, 2.45) is 12.2 Å². The molecule has 30 heavy (non-hydrogen) atoms. The van der Waals surface area contributed by atoms with E-state index in [0.717, 1.165) is 18.3 Å². The first-order chi connectivity index (χ1) is 14.1. The molecule has 8 nitrogen and oxygen atoms in total. The number of hydrogen-bond acceptors (Lipinski definition) is 5. The van der Waals surface area contributed by atoms with Gasteiger partial charge in [-0.3, -0.25) is 4.79 Å². The van der Waals surface area contributed by atoms with Crippen LogP contribution >= 0.6 is 0 Å². The third-order valence-corrected chi connectivity index (χ3v) is 5.32. The lowest BCUT2D eigenvalue weighted by Gasteiger charge is -2.14. The van der Waals surface area contributed by atoms with Crippen LogP contribution in [0.4, 0.5) is 8.78 Å². The fourth-order valence-electron chi connectivity index (χ4n) is 3.01. The van der Waals surface area contributed by atoms with Crippen molar-refractivity contribution >= 4 is 20.9 Å². The molecule has 0 aliphatic carbocycles. The summed E-state index contributed by atoms with van der Waals surface area (Å²) < 4.78 is 57.8. The maximum Gasteiger partial charge on any atom is 0.274 e. The normalized spacial score (nSPS) is 11.7. The van der Waals surface area contributed by atoms with Gasteiger partial charge in [-0.15, -0.1) is 0 Å². The molecule has 3 N–H and O–H groups in total. The number of ether oxygens (including phenoxy) is 1. The van der Waals surface area contributed by atoms with Gasteiger partial charge in [0.2, 0.25) is 15.9 Å². The average Bonchev–Trinajstić information content (AvgIpc) is 3.16. The first kappa shape index (κ1) is 19.7. The topological polar surface area (TPSA) is 120 Å². The van der Waals surface area contributed by atoms with E-state index in [1.165, 1.54) is 23.9 Å². The lowest BCUT2D eigenvalue weighted by molar-refractivity contribution is 0.424. The van der Waals surface area contributed by atoms with Crippen molar-refractivity contribution < 1.29 is 21.9 Å². The third-order valence-electron chi connectivity index (χ3n) is 4.44. The Morgan fingerprint density at radius 1 is 1.17 bits per heavy atom. The molecule has 1 aromatic carbocycles. The molecule has 3 aromatic heterocycles. The van der Waals surface area contributed by atoms with E-state index in [1.54, 1.807) is 12.3 Å². The minimum atomic E-state index is -4.11. The van der Waals surface area contributed by atoms with Gasteiger partial charge in [0.1, 0.15) is 16.2 Å². The SMILES string of the molecule is Cn1cc(-c2cc(S(N)(=O)=O)cnc2Oc2ccc(F)cc2F)c2cc[nH]c2c1=O. The Hall–Kier alpha value is -3.57. The second-order valence-electron chi connectivity index (χ2n) is 6.47. The monoisotopic (exact) mass is 432 g/mol. The molecule has 0 bridgehead atoms. The highest BCUT2D eigenvalue weighted by Crippen LogP contribution is 2.36. The van der Waals surface area contributed by atoms with Crippen molar-refractivity contribution in [3.05, 3.63) is 70.9 Å². The number of fused-ring (bicyclic) bond motifs is 1. The van der Waals surface area contributed by atoms with Gasteiger partial charge in [0, 0.05) is 42.0 Å². The Balaban J connectivity index is 1.99. The molecule has 154 valence electrons. The van der Waals surface area contributed by atoms with Crippen molar-refractivity contribution in [2.45, 2.75) is 4.90 Å². The number of aromatic amines is 1. The van der Waals surface area contributed by atoms with Crippen LogP contribution < -0.4 is 15.4 Å². The number of halogens is 2. The number of nitrogens with two attached hydrogens (primary N) is 1. The fraction of sp³-hybridized carbons (Fsp3) is 0.0526. The van der Waals surface area contributed by atoms with E-state index in [1.807, 2.05) is 0 Å². The van der Waals surface area contributed by atoms with E-state index in [-0.39, 0.29) is 33.2 Å². The van der Waals surface area contributed by atoms with Crippen LogP contribution in [0.1, 0.15) is 0 Å². The number of rotatable bonds is 4. The third kappa shape index (κ3) is 3.44. The molecule has 0 saturated carbocycles. The number of benzene rings is 1. The van der Waals surface area contributed by atoms with Gasteiger partial charge < -0.3 is 14.3 Å². The van der Waals surface area contributed by atoms with Crippen LogP contribution in [0.25, 0.3) is 22.0 Å². The summed E-state index contributed by atoms with van der Waals surface area (Å²) in [6.45, 7) is 0. The van der Waals surface area contributed by atoms with Crippen LogP contribution in [0.3, 0.4) is 0 Å². The largest absolute Gasteiger partial charge is 0.435 e. The molecule has 0 unspecified atom stereocenters. The number of H-pyrrole nitrogens is 1. The van der Waals surface area contributed by atoms with E-state index in [0.29, 0.717) is 17.0 Å². The van der Waals surface area contributed by atoms with Gasteiger partial charge in [-0.25, -0.2) is 27.3 Å². The number of hydrogen-bond donors (Lipinski definition) is 2. The summed E-state index contributed by atoms with van der Waals surface area (Å²) in [6, 6.07) is 5.57. The van der Waals surface area contributed by atoms with Crippen molar-refractivity contribution in [3.8, 4) is 22.8 Å². The maximum absolute atomic E-state index is 14.1. The first-order valence-corrected chi connectivity index (χ1v) is 10.0. The van der Waals surface area contributed by atoms with Crippen LogP contribution in [0.2, 0.25) is 0 Å². The summed E-state index contributed by atoms with van der Waals surface area (Å²) in [6.07, 6.45) is 3.98. The van der Waals surface area contributed by atoms with E-state index in [4.69, 9.17) is 9.88 Å². The lowest BCUT2D eigenvalue weighted by Crippen LogP contribution is -2.17. The van der Waals surface area contributed by atoms with Crippen molar-refractivity contribution in [3.63, 3.8) is 0 Å².